The number of aryl methyl sites for hydroxylation is 1. The summed E-state index contributed by atoms with van der Waals surface area (Å²) in [4.78, 5) is 62.6. The number of carbonyl (C=O) groups is 5. The van der Waals surface area contributed by atoms with E-state index in [2.05, 4.69) is 10.6 Å². The molecule has 1 heterocycles. The number of thioether (sulfide) groups is 1. The van der Waals surface area contributed by atoms with Gasteiger partial charge in [-0.15, -0.1) is 0 Å². The second-order valence-electron chi connectivity index (χ2n) is 12.0. The molecule has 1 saturated heterocycles. The maximum atomic E-state index is 13.4. The molecule has 1 fully saturated rings. The van der Waals surface area contributed by atoms with E-state index in [4.69, 9.17) is 18.9 Å². The van der Waals surface area contributed by atoms with Crippen molar-refractivity contribution < 1.29 is 48.0 Å². The van der Waals surface area contributed by atoms with Gasteiger partial charge in [0.25, 0.3) is 0 Å². The Morgan fingerprint density at radius 3 is 2.10 bits per heavy atom. The summed E-state index contributed by atoms with van der Waals surface area (Å²) in [6.07, 6.45) is -6.09. The molecule has 3 aromatic carbocycles. The second kappa shape index (κ2) is 17.3. The molecule has 3 aromatic rings. The van der Waals surface area contributed by atoms with E-state index in [9.17, 15) is 29.1 Å². The van der Waals surface area contributed by atoms with Crippen LogP contribution in [0.2, 0.25) is 0 Å². The van der Waals surface area contributed by atoms with Crippen LogP contribution in [0.1, 0.15) is 38.3 Å². The lowest BCUT2D eigenvalue weighted by atomic mass is 9.89. The zero-order valence-electron chi connectivity index (χ0n) is 28.5. The minimum atomic E-state index is -1.88. The Bertz CT molecular complexity index is 1650. The van der Waals surface area contributed by atoms with Crippen molar-refractivity contribution >= 4 is 41.5 Å². The van der Waals surface area contributed by atoms with E-state index in [1.54, 1.807) is 12.1 Å². The van der Waals surface area contributed by atoms with Crippen LogP contribution in [0.25, 0.3) is 11.1 Å². The van der Waals surface area contributed by atoms with Crippen LogP contribution in [0.15, 0.2) is 83.8 Å². The van der Waals surface area contributed by atoms with Gasteiger partial charge in [0.15, 0.2) is 12.2 Å². The van der Waals surface area contributed by atoms with Crippen molar-refractivity contribution in [2.24, 2.45) is 0 Å². The van der Waals surface area contributed by atoms with Gasteiger partial charge in [0.05, 0.1) is 32.2 Å². The summed E-state index contributed by atoms with van der Waals surface area (Å²) in [5.74, 6) is -3.38. The molecule has 13 heteroatoms. The highest BCUT2D eigenvalue weighted by molar-refractivity contribution is 8.01. The molecule has 6 atom stereocenters. The minimum Gasteiger partial charge on any atom is -0.466 e. The zero-order valence-corrected chi connectivity index (χ0v) is 29.4. The average molecular weight is 707 g/mol. The highest BCUT2D eigenvalue weighted by Crippen LogP contribution is 2.45. The summed E-state index contributed by atoms with van der Waals surface area (Å²) in [6, 6.07) is 23.2. The maximum absolute atomic E-state index is 13.4. The van der Waals surface area contributed by atoms with Crippen LogP contribution in [0.4, 0.5) is 0 Å². The Morgan fingerprint density at radius 1 is 0.900 bits per heavy atom. The number of esters is 3. The van der Waals surface area contributed by atoms with Gasteiger partial charge in [-0.05, 0) is 35.7 Å². The topological polar surface area (TPSA) is 167 Å². The molecule has 1 aliphatic heterocycles. The molecule has 1 aliphatic rings. The monoisotopic (exact) mass is 706 g/mol. The van der Waals surface area contributed by atoms with E-state index in [0.717, 1.165) is 47.9 Å². The fraction of sp³-hybridized carbons (Fsp3) is 0.378. The van der Waals surface area contributed by atoms with Gasteiger partial charge in [0.1, 0.15) is 6.10 Å². The molecule has 4 rings (SSSR count). The predicted octanol–water partition coefficient (Wildman–Crippen LogP) is 3.50. The molecule has 0 bridgehead atoms. The van der Waals surface area contributed by atoms with Crippen LogP contribution in [0.5, 0.6) is 0 Å². The molecule has 12 nitrogen and oxygen atoms in total. The lowest BCUT2D eigenvalue weighted by molar-refractivity contribution is -0.216. The molecule has 0 unspecified atom stereocenters. The van der Waals surface area contributed by atoms with Gasteiger partial charge in [0, 0.05) is 32.1 Å². The summed E-state index contributed by atoms with van der Waals surface area (Å²) in [7, 11) is 1.17. The Labute approximate surface area is 295 Å². The van der Waals surface area contributed by atoms with Gasteiger partial charge < -0.3 is 34.7 Å². The Kier molecular flexibility index (Phi) is 13.2. The molecule has 50 heavy (non-hydrogen) atoms. The molecule has 2 amide bonds. The van der Waals surface area contributed by atoms with Crippen molar-refractivity contribution in [3.8, 4) is 11.1 Å². The van der Waals surface area contributed by atoms with Crippen LogP contribution >= 0.6 is 11.8 Å². The van der Waals surface area contributed by atoms with Crippen molar-refractivity contribution in [2.45, 2.75) is 80.8 Å². The maximum Gasteiger partial charge on any atom is 0.349 e. The number of carbonyl (C=O) groups excluding carboxylic acids is 5. The summed E-state index contributed by atoms with van der Waals surface area (Å²) in [5.41, 5.74) is 3.72. The smallest absolute Gasteiger partial charge is 0.349 e. The van der Waals surface area contributed by atoms with E-state index in [0.29, 0.717) is 4.90 Å². The molecule has 0 saturated carbocycles. The SMILES string of the molecule is COC(=O)[C@@]1(Sc2ccc(C)cc2)C[C@H](O)[C@@H](NC(C)=O)[C@H]([C@H](OC(C)=O)[C@@H](CNC(=O)Cc2ccc(-c3ccccc3)cc2)OC(C)=O)O1. The van der Waals surface area contributed by atoms with Gasteiger partial charge in [-0.3, -0.25) is 19.2 Å². The molecule has 0 spiro atoms. The number of methoxy groups -OCH3 is 1. The third-order valence-electron chi connectivity index (χ3n) is 7.98. The van der Waals surface area contributed by atoms with Gasteiger partial charge in [-0.2, -0.15) is 0 Å². The molecule has 266 valence electrons. The fourth-order valence-electron chi connectivity index (χ4n) is 5.73. The largest absolute Gasteiger partial charge is 0.466 e. The number of aliphatic hydroxyl groups is 1. The first-order chi connectivity index (χ1) is 23.8. The van der Waals surface area contributed by atoms with Crippen molar-refractivity contribution in [1.29, 1.82) is 0 Å². The molecular weight excluding hydrogens is 664 g/mol. The normalized spacial score (nSPS) is 21.2. The van der Waals surface area contributed by atoms with Crippen LogP contribution < -0.4 is 10.6 Å². The molecule has 0 aromatic heterocycles. The number of amides is 2. The molecule has 0 radical (unpaired) electrons. The lowest BCUT2D eigenvalue weighted by Gasteiger charge is -2.48. The quantitative estimate of drug-likeness (QED) is 0.176. The lowest BCUT2D eigenvalue weighted by Crippen LogP contribution is -2.67. The average Bonchev–Trinajstić information content (AvgIpc) is 3.08. The van der Waals surface area contributed by atoms with E-state index >= 15 is 0 Å². The summed E-state index contributed by atoms with van der Waals surface area (Å²) >= 11 is 0.975. The van der Waals surface area contributed by atoms with E-state index in [1.165, 1.54) is 14.0 Å². The first-order valence-corrected chi connectivity index (χ1v) is 16.8. The summed E-state index contributed by atoms with van der Waals surface area (Å²) in [5, 5.41) is 16.8. The number of hydrogen-bond donors (Lipinski definition) is 3. The third-order valence-corrected chi connectivity index (χ3v) is 9.25. The van der Waals surface area contributed by atoms with E-state index < -0.39 is 65.1 Å². The Hall–Kier alpha value is -4.72. The number of ether oxygens (including phenoxy) is 4. The van der Waals surface area contributed by atoms with E-state index in [1.807, 2.05) is 73.7 Å². The van der Waals surface area contributed by atoms with Crippen LogP contribution in [-0.2, 0) is 49.3 Å². The van der Waals surface area contributed by atoms with Crippen molar-refractivity contribution in [3.63, 3.8) is 0 Å². The van der Waals surface area contributed by atoms with Gasteiger partial charge in [0.2, 0.25) is 16.7 Å². The summed E-state index contributed by atoms with van der Waals surface area (Å²) < 4.78 is 22.8. The highest BCUT2D eigenvalue weighted by atomic mass is 32.2. The van der Waals surface area contributed by atoms with Crippen molar-refractivity contribution in [3.05, 3.63) is 90.0 Å². The molecular formula is C37H42N2O10S. The van der Waals surface area contributed by atoms with E-state index in [-0.39, 0.29) is 19.4 Å². The highest BCUT2D eigenvalue weighted by Gasteiger charge is 2.57. The fourth-order valence-corrected chi connectivity index (χ4v) is 6.96. The number of hydrogen-bond acceptors (Lipinski definition) is 11. The Morgan fingerprint density at radius 2 is 1.52 bits per heavy atom. The zero-order chi connectivity index (χ0) is 36.4. The first-order valence-electron chi connectivity index (χ1n) is 16.0. The number of nitrogens with one attached hydrogen (secondary N) is 2. The molecule has 0 aliphatic carbocycles. The Balaban J connectivity index is 1.63. The van der Waals surface area contributed by atoms with Gasteiger partial charge in [-0.1, -0.05) is 84.1 Å². The van der Waals surface area contributed by atoms with Gasteiger partial charge >= 0.3 is 17.9 Å². The van der Waals surface area contributed by atoms with Gasteiger partial charge in [-0.25, -0.2) is 4.79 Å². The third kappa shape index (κ3) is 10.2. The second-order valence-corrected chi connectivity index (χ2v) is 13.3. The van der Waals surface area contributed by atoms with Crippen molar-refractivity contribution in [1.82, 2.24) is 10.6 Å². The minimum absolute atomic E-state index is 0.00804. The number of rotatable bonds is 13. The van der Waals surface area contributed by atoms with Crippen LogP contribution in [0.3, 0.4) is 0 Å². The predicted molar refractivity (Wildman–Crippen MR) is 185 cm³/mol. The van der Waals surface area contributed by atoms with Crippen LogP contribution in [-0.4, -0.2) is 83.9 Å². The molecule has 3 N–H and O–H groups in total. The number of aliphatic hydroxyl groups excluding tert-OH is 1. The standard InChI is InChI=1S/C37H42N2O10S/c1-22-11-17-29(18-12-22)50-37(36(45)46-5)20-30(43)33(39-23(2)40)35(49-37)34(48-25(4)42)31(47-24(3)41)21-38-32(44)19-26-13-15-28(16-14-26)27-9-7-6-8-10-27/h6-18,30-31,33-35,43H,19-21H2,1-5H3,(H,38,44)(H,39,40)/t30-,31+,33+,34+,35+,37-/m0/s1. The number of benzene rings is 3. The van der Waals surface area contributed by atoms with Crippen LogP contribution in [0, 0.1) is 6.92 Å². The van der Waals surface area contributed by atoms with Crippen molar-refractivity contribution in [2.75, 3.05) is 13.7 Å². The first kappa shape index (κ1) is 38.1. The summed E-state index contributed by atoms with van der Waals surface area (Å²) in [6.45, 7) is 5.05.